The first kappa shape index (κ1) is 17.1. The number of rotatable bonds is 3. The van der Waals surface area contributed by atoms with E-state index < -0.39 is 0 Å². The largest absolute Gasteiger partial charge is 0.347 e. The molecule has 0 saturated carbocycles. The van der Waals surface area contributed by atoms with Gasteiger partial charge in [0.1, 0.15) is 0 Å². The van der Waals surface area contributed by atoms with Crippen LogP contribution in [0.4, 0.5) is 5.95 Å². The second kappa shape index (κ2) is 7.15. The van der Waals surface area contributed by atoms with Crippen molar-refractivity contribution < 1.29 is 4.79 Å². The number of anilines is 1. The van der Waals surface area contributed by atoms with Gasteiger partial charge >= 0.3 is 0 Å². The molecule has 0 N–H and O–H groups in total. The lowest BCUT2D eigenvalue weighted by atomic mass is 9.99. The van der Waals surface area contributed by atoms with Crippen LogP contribution in [0.1, 0.15) is 21.5 Å². The number of aromatic nitrogens is 3. The fraction of sp³-hybridized carbons (Fsp3) is 0.238. The molecule has 0 aliphatic carbocycles. The summed E-state index contributed by atoms with van der Waals surface area (Å²) in [7, 11) is 3.77. The summed E-state index contributed by atoms with van der Waals surface area (Å²) in [6.45, 7) is 1.31. The van der Waals surface area contributed by atoms with Gasteiger partial charge in [0.25, 0.3) is 5.91 Å². The first-order valence-electron chi connectivity index (χ1n) is 8.94. The topological polar surface area (TPSA) is 62.2 Å². The van der Waals surface area contributed by atoms with Crippen LogP contribution in [0.25, 0.3) is 11.3 Å². The first-order valence-corrected chi connectivity index (χ1v) is 8.94. The number of pyridine rings is 1. The molecular weight excluding hydrogens is 338 g/mol. The highest BCUT2D eigenvalue weighted by Crippen LogP contribution is 2.26. The van der Waals surface area contributed by atoms with Gasteiger partial charge in [-0.25, -0.2) is 9.97 Å². The van der Waals surface area contributed by atoms with E-state index in [1.165, 1.54) is 11.1 Å². The van der Waals surface area contributed by atoms with Crippen LogP contribution < -0.4 is 4.90 Å². The Balaban J connectivity index is 1.72. The van der Waals surface area contributed by atoms with Gasteiger partial charge in [-0.2, -0.15) is 0 Å². The molecule has 0 unspecified atom stereocenters. The summed E-state index contributed by atoms with van der Waals surface area (Å²) >= 11 is 0. The summed E-state index contributed by atoms with van der Waals surface area (Å²) in [5, 5.41) is 0. The first-order chi connectivity index (χ1) is 13.1. The molecule has 1 aromatic carbocycles. The van der Waals surface area contributed by atoms with E-state index in [9.17, 15) is 4.79 Å². The summed E-state index contributed by atoms with van der Waals surface area (Å²) in [5.74, 6) is 0.531. The molecule has 27 heavy (non-hydrogen) atoms. The van der Waals surface area contributed by atoms with Crippen molar-refractivity contribution in [2.75, 3.05) is 25.5 Å². The molecule has 6 heteroatoms. The predicted octanol–water partition coefficient (Wildman–Crippen LogP) is 2.80. The Morgan fingerprint density at radius 2 is 1.81 bits per heavy atom. The van der Waals surface area contributed by atoms with Gasteiger partial charge in [-0.3, -0.25) is 9.78 Å². The van der Waals surface area contributed by atoms with Crippen LogP contribution in [0.2, 0.25) is 0 Å². The molecule has 0 radical (unpaired) electrons. The van der Waals surface area contributed by atoms with E-state index in [1.807, 2.05) is 48.2 Å². The fourth-order valence-corrected chi connectivity index (χ4v) is 3.31. The van der Waals surface area contributed by atoms with Crippen molar-refractivity contribution >= 4 is 11.9 Å². The van der Waals surface area contributed by atoms with Crippen LogP contribution in [0.15, 0.2) is 55.0 Å². The highest BCUT2D eigenvalue weighted by atomic mass is 16.2. The SMILES string of the molecule is CN(C)c1ncc(C(=O)N2CCc3ccccc3C2)c(-c2ccncc2)n1. The van der Waals surface area contributed by atoms with E-state index in [2.05, 4.69) is 27.1 Å². The van der Waals surface area contributed by atoms with Gasteiger partial charge in [-0.05, 0) is 29.7 Å². The van der Waals surface area contributed by atoms with Crippen LogP contribution >= 0.6 is 0 Å². The third-order valence-corrected chi connectivity index (χ3v) is 4.78. The van der Waals surface area contributed by atoms with Crippen molar-refractivity contribution in [2.45, 2.75) is 13.0 Å². The lowest BCUT2D eigenvalue weighted by molar-refractivity contribution is 0.0734. The smallest absolute Gasteiger partial charge is 0.257 e. The van der Waals surface area contributed by atoms with Crippen molar-refractivity contribution in [2.24, 2.45) is 0 Å². The van der Waals surface area contributed by atoms with Gasteiger partial charge < -0.3 is 9.80 Å². The molecule has 6 nitrogen and oxygen atoms in total. The van der Waals surface area contributed by atoms with E-state index >= 15 is 0 Å². The second-order valence-corrected chi connectivity index (χ2v) is 6.81. The Hall–Kier alpha value is -3.28. The number of fused-ring (bicyclic) bond motifs is 1. The minimum Gasteiger partial charge on any atom is -0.347 e. The number of hydrogen-bond donors (Lipinski definition) is 0. The number of benzene rings is 1. The van der Waals surface area contributed by atoms with E-state index in [4.69, 9.17) is 0 Å². The number of amides is 1. The van der Waals surface area contributed by atoms with E-state index in [0.29, 0.717) is 30.3 Å². The maximum absolute atomic E-state index is 13.3. The zero-order valence-electron chi connectivity index (χ0n) is 15.5. The molecule has 0 spiro atoms. The Morgan fingerprint density at radius 1 is 1.07 bits per heavy atom. The lowest BCUT2D eigenvalue weighted by Crippen LogP contribution is -2.36. The van der Waals surface area contributed by atoms with E-state index in [-0.39, 0.29) is 5.91 Å². The number of nitrogens with zero attached hydrogens (tertiary/aromatic N) is 5. The highest BCUT2D eigenvalue weighted by Gasteiger charge is 2.25. The molecule has 136 valence electrons. The van der Waals surface area contributed by atoms with E-state index in [0.717, 1.165) is 12.0 Å². The summed E-state index contributed by atoms with van der Waals surface area (Å²) in [6.07, 6.45) is 5.92. The lowest BCUT2D eigenvalue weighted by Gasteiger charge is -2.29. The molecule has 0 fully saturated rings. The van der Waals surface area contributed by atoms with Crippen molar-refractivity contribution in [1.82, 2.24) is 19.9 Å². The van der Waals surface area contributed by atoms with Crippen molar-refractivity contribution in [3.8, 4) is 11.3 Å². The molecule has 1 aliphatic heterocycles. The minimum atomic E-state index is -0.0402. The van der Waals surface area contributed by atoms with Gasteiger partial charge in [-0.1, -0.05) is 24.3 Å². The monoisotopic (exact) mass is 359 g/mol. The van der Waals surface area contributed by atoms with Crippen LogP contribution in [-0.4, -0.2) is 46.4 Å². The number of carbonyl (C=O) groups excluding carboxylic acids is 1. The van der Waals surface area contributed by atoms with Crippen LogP contribution in [-0.2, 0) is 13.0 Å². The fourth-order valence-electron chi connectivity index (χ4n) is 3.31. The van der Waals surface area contributed by atoms with Gasteiger partial charge in [0.15, 0.2) is 0 Å². The molecule has 3 heterocycles. The zero-order valence-corrected chi connectivity index (χ0v) is 15.5. The number of hydrogen-bond acceptors (Lipinski definition) is 5. The Kier molecular flexibility index (Phi) is 4.54. The van der Waals surface area contributed by atoms with Crippen molar-refractivity contribution in [3.05, 3.63) is 71.7 Å². The second-order valence-electron chi connectivity index (χ2n) is 6.81. The predicted molar refractivity (Wildman–Crippen MR) is 104 cm³/mol. The third kappa shape index (κ3) is 3.38. The molecule has 0 saturated heterocycles. The Bertz CT molecular complexity index is 971. The Morgan fingerprint density at radius 3 is 2.56 bits per heavy atom. The maximum atomic E-state index is 13.3. The highest BCUT2D eigenvalue weighted by molar-refractivity contribution is 5.99. The maximum Gasteiger partial charge on any atom is 0.257 e. The average Bonchev–Trinajstić information content (AvgIpc) is 2.73. The summed E-state index contributed by atoms with van der Waals surface area (Å²) < 4.78 is 0. The van der Waals surface area contributed by atoms with Gasteiger partial charge in [0.2, 0.25) is 5.95 Å². The van der Waals surface area contributed by atoms with Gasteiger partial charge in [0.05, 0.1) is 11.3 Å². The molecule has 0 bridgehead atoms. The summed E-state index contributed by atoms with van der Waals surface area (Å²) in [4.78, 5) is 30.1. The minimum absolute atomic E-state index is 0.0402. The molecular formula is C21H21N5O. The molecule has 3 aromatic rings. The molecule has 0 atom stereocenters. The van der Waals surface area contributed by atoms with E-state index in [1.54, 1.807) is 18.6 Å². The van der Waals surface area contributed by atoms with Gasteiger partial charge in [0, 0.05) is 51.3 Å². The molecule has 1 amide bonds. The summed E-state index contributed by atoms with van der Waals surface area (Å²) in [6, 6.07) is 12.0. The van der Waals surface area contributed by atoms with Crippen LogP contribution in [0, 0.1) is 0 Å². The molecule has 1 aliphatic rings. The Labute approximate surface area is 158 Å². The zero-order chi connectivity index (χ0) is 18.8. The van der Waals surface area contributed by atoms with Crippen LogP contribution in [0.3, 0.4) is 0 Å². The summed E-state index contributed by atoms with van der Waals surface area (Å²) in [5.41, 5.74) is 4.53. The van der Waals surface area contributed by atoms with Gasteiger partial charge in [-0.15, -0.1) is 0 Å². The van der Waals surface area contributed by atoms with Crippen molar-refractivity contribution in [3.63, 3.8) is 0 Å². The third-order valence-electron chi connectivity index (χ3n) is 4.78. The average molecular weight is 359 g/mol. The van der Waals surface area contributed by atoms with Crippen molar-refractivity contribution in [1.29, 1.82) is 0 Å². The number of carbonyl (C=O) groups is 1. The standard InChI is InChI=1S/C21H21N5O/c1-25(2)21-23-13-18(19(24-21)16-7-10-22-11-8-16)20(27)26-12-9-15-5-3-4-6-17(15)14-26/h3-8,10-11,13H,9,12,14H2,1-2H3. The molecule has 2 aromatic heterocycles. The molecule has 4 rings (SSSR count). The quantitative estimate of drug-likeness (QED) is 0.720. The van der Waals surface area contributed by atoms with Crippen LogP contribution in [0.5, 0.6) is 0 Å². The normalized spacial score (nSPS) is 13.2.